The molecule has 1 atom stereocenters. The van der Waals surface area contributed by atoms with Crippen molar-refractivity contribution in [2.75, 3.05) is 11.6 Å². The van der Waals surface area contributed by atoms with E-state index in [1.807, 2.05) is 56.1 Å². The summed E-state index contributed by atoms with van der Waals surface area (Å²) in [6.45, 7) is 6.18. The molecule has 0 N–H and O–H groups in total. The molecule has 0 bridgehead atoms. The fraction of sp³-hybridized carbons (Fsp3) is 0.391. The van der Waals surface area contributed by atoms with E-state index in [-0.39, 0.29) is 23.8 Å². The van der Waals surface area contributed by atoms with Crippen LogP contribution in [0.1, 0.15) is 51.2 Å². The number of non-ortho nitro benzene ring substituents is 1. The van der Waals surface area contributed by atoms with Gasteiger partial charge in [0, 0.05) is 30.5 Å². The van der Waals surface area contributed by atoms with Crippen molar-refractivity contribution in [3.8, 4) is 0 Å². The van der Waals surface area contributed by atoms with Crippen LogP contribution in [0.3, 0.4) is 0 Å². The van der Waals surface area contributed by atoms with Crippen LogP contribution < -0.4 is 5.01 Å². The first-order chi connectivity index (χ1) is 14.2. The standard InChI is InChI=1S/C23H25N3O4/c1-4-8-18(27)14-23(16-9-6-5-7-10-16)19-13-17(26(29)30)11-12-20(19)24-15-22(2,3)21(28)25(23)24/h5-7,9-13H,4,8,14-15H2,1-3H3. The number of nitro benzene ring substituents is 1. The van der Waals surface area contributed by atoms with Crippen molar-refractivity contribution in [3.05, 3.63) is 69.8 Å². The summed E-state index contributed by atoms with van der Waals surface area (Å²) in [6.07, 6.45) is 1.18. The number of amides is 1. The van der Waals surface area contributed by atoms with E-state index in [9.17, 15) is 19.7 Å². The zero-order valence-corrected chi connectivity index (χ0v) is 17.4. The average Bonchev–Trinajstić information content (AvgIpc) is 3.11. The minimum Gasteiger partial charge on any atom is -0.300 e. The molecule has 7 nitrogen and oxygen atoms in total. The number of nitrogens with zero attached hydrogens (tertiary/aromatic N) is 3. The quantitative estimate of drug-likeness (QED) is 0.529. The highest BCUT2D eigenvalue weighted by molar-refractivity contribution is 5.94. The van der Waals surface area contributed by atoms with E-state index in [1.54, 1.807) is 11.1 Å². The number of rotatable bonds is 6. The smallest absolute Gasteiger partial charge is 0.269 e. The normalized spacial score (nSPS) is 21.5. The van der Waals surface area contributed by atoms with Crippen molar-refractivity contribution in [3.63, 3.8) is 0 Å². The maximum absolute atomic E-state index is 13.6. The summed E-state index contributed by atoms with van der Waals surface area (Å²) < 4.78 is 0. The molecule has 1 saturated heterocycles. The number of carbonyl (C=O) groups is 2. The minimum atomic E-state index is -1.10. The Bertz CT molecular complexity index is 1030. The molecule has 7 heteroatoms. The molecule has 2 aromatic carbocycles. The monoisotopic (exact) mass is 407 g/mol. The summed E-state index contributed by atoms with van der Waals surface area (Å²) in [5.74, 6) is -0.0623. The Kier molecular flexibility index (Phi) is 4.64. The van der Waals surface area contributed by atoms with Crippen LogP contribution in [0.2, 0.25) is 0 Å². The second-order valence-corrected chi connectivity index (χ2v) is 8.71. The first-order valence-electron chi connectivity index (χ1n) is 10.2. The molecule has 1 amide bonds. The van der Waals surface area contributed by atoms with Crippen LogP contribution in [0.4, 0.5) is 11.4 Å². The highest BCUT2D eigenvalue weighted by Crippen LogP contribution is 2.56. The van der Waals surface area contributed by atoms with Crippen molar-refractivity contribution in [1.29, 1.82) is 0 Å². The Hall–Kier alpha value is -3.22. The number of Topliss-reactive ketones (excluding diaryl/α,β-unsaturated/α-hetero) is 1. The molecule has 0 spiro atoms. The van der Waals surface area contributed by atoms with Crippen molar-refractivity contribution in [1.82, 2.24) is 5.01 Å². The predicted octanol–water partition coefficient (Wildman–Crippen LogP) is 4.20. The molecular weight excluding hydrogens is 382 g/mol. The van der Waals surface area contributed by atoms with Gasteiger partial charge in [-0.25, -0.2) is 5.01 Å². The molecule has 2 aliphatic rings. The zero-order chi connectivity index (χ0) is 21.7. The maximum Gasteiger partial charge on any atom is 0.269 e. The summed E-state index contributed by atoms with van der Waals surface area (Å²) >= 11 is 0. The van der Waals surface area contributed by atoms with E-state index in [4.69, 9.17) is 0 Å². The van der Waals surface area contributed by atoms with Crippen LogP contribution in [-0.4, -0.2) is 28.2 Å². The third-order valence-electron chi connectivity index (χ3n) is 6.07. The minimum absolute atomic E-state index is 0.0261. The number of anilines is 1. The lowest BCUT2D eigenvalue weighted by Gasteiger charge is -2.39. The second kappa shape index (κ2) is 6.93. The van der Waals surface area contributed by atoms with Crippen LogP contribution in [-0.2, 0) is 15.1 Å². The van der Waals surface area contributed by atoms with Gasteiger partial charge in [0.2, 0.25) is 5.91 Å². The molecule has 0 aromatic heterocycles. The summed E-state index contributed by atoms with van der Waals surface area (Å²) in [5.41, 5.74) is 0.382. The predicted molar refractivity (Wildman–Crippen MR) is 113 cm³/mol. The van der Waals surface area contributed by atoms with Crippen LogP contribution >= 0.6 is 0 Å². The molecule has 4 rings (SSSR count). The summed E-state index contributed by atoms with van der Waals surface area (Å²) in [5, 5.41) is 15.1. The molecular formula is C23H25N3O4. The number of fused-ring (bicyclic) bond motifs is 3. The lowest BCUT2D eigenvalue weighted by Crippen LogP contribution is -2.51. The molecule has 1 unspecified atom stereocenters. The van der Waals surface area contributed by atoms with Gasteiger partial charge in [-0.05, 0) is 31.9 Å². The lowest BCUT2D eigenvalue weighted by atomic mass is 9.77. The summed E-state index contributed by atoms with van der Waals surface area (Å²) in [6, 6.07) is 14.1. The maximum atomic E-state index is 13.6. The van der Waals surface area contributed by atoms with Gasteiger partial charge in [0.1, 0.15) is 11.3 Å². The third-order valence-corrected chi connectivity index (χ3v) is 6.07. The Labute approximate surface area is 175 Å². The van der Waals surface area contributed by atoms with E-state index in [2.05, 4.69) is 0 Å². The van der Waals surface area contributed by atoms with E-state index in [0.29, 0.717) is 24.9 Å². The van der Waals surface area contributed by atoms with Crippen molar-refractivity contribution >= 4 is 23.1 Å². The first-order valence-corrected chi connectivity index (χ1v) is 10.2. The van der Waals surface area contributed by atoms with E-state index < -0.39 is 15.9 Å². The Morgan fingerprint density at radius 2 is 1.87 bits per heavy atom. The van der Waals surface area contributed by atoms with Crippen LogP contribution in [0.15, 0.2) is 48.5 Å². The van der Waals surface area contributed by atoms with Gasteiger partial charge in [-0.1, -0.05) is 37.3 Å². The summed E-state index contributed by atoms with van der Waals surface area (Å²) in [4.78, 5) is 37.6. The fourth-order valence-electron chi connectivity index (χ4n) is 4.71. The second-order valence-electron chi connectivity index (χ2n) is 8.71. The molecule has 2 heterocycles. The van der Waals surface area contributed by atoms with E-state index >= 15 is 0 Å². The fourth-order valence-corrected chi connectivity index (χ4v) is 4.71. The van der Waals surface area contributed by atoms with Crippen molar-refractivity contribution < 1.29 is 14.5 Å². The number of benzene rings is 2. The van der Waals surface area contributed by atoms with Crippen molar-refractivity contribution in [2.24, 2.45) is 5.41 Å². The van der Waals surface area contributed by atoms with Crippen molar-refractivity contribution in [2.45, 2.75) is 45.6 Å². The number of hydrogen-bond acceptors (Lipinski definition) is 5. The average molecular weight is 407 g/mol. The van der Waals surface area contributed by atoms with Gasteiger partial charge >= 0.3 is 0 Å². The molecule has 2 aliphatic heterocycles. The van der Waals surface area contributed by atoms with Gasteiger partial charge in [0.25, 0.3) is 5.69 Å². The molecule has 0 saturated carbocycles. The van der Waals surface area contributed by atoms with E-state index in [1.165, 1.54) is 12.1 Å². The van der Waals surface area contributed by atoms with Gasteiger partial charge < -0.3 is 0 Å². The highest BCUT2D eigenvalue weighted by Gasteiger charge is 2.61. The molecule has 0 aliphatic carbocycles. The first kappa shape index (κ1) is 20.1. The Morgan fingerprint density at radius 1 is 1.17 bits per heavy atom. The van der Waals surface area contributed by atoms with Gasteiger partial charge in [0.15, 0.2) is 0 Å². The number of carbonyl (C=O) groups excluding carboxylic acids is 2. The molecule has 156 valence electrons. The van der Waals surface area contributed by atoms with Gasteiger partial charge in [0.05, 0.1) is 22.6 Å². The van der Waals surface area contributed by atoms with Gasteiger partial charge in [-0.15, -0.1) is 0 Å². The molecule has 2 aromatic rings. The number of nitro groups is 1. The Balaban J connectivity index is 2.03. The zero-order valence-electron chi connectivity index (χ0n) is 17.4. The van der Waals surface area contributed by atoms with Gasteiger partial charge in [-0.3, -0.25) is 24.7 Å². The molecule has 1 fully saturated rings. The summed E-state index contributed by atoms with van der Waals surface area (Å²) in [7, 11) is 0. The SMILES string of the molecule is CCCC(=O)CC1(c2ccccc2)c2cc([N+](=O)[O-])ccc2N2CC(C)(C)C(=O)N21. The largest absolute Gasteiger partial charge is 0.300 e. The van der Waals surface area contributed by atoms with Crippen LogP contribution in [0.5, 0.6) is 0 Å². The third kappa shape index (κ3) is 2.80. The number of ketones is 1. The van der Waals surface area contributed by atoms with E-state index in [0.717, 1.165) is 11.3 Å². The number of hydrazine groups is 1. The molecule has 30 heavy (non-hydrogen) atoms. The number of hydrogen-bond donors (Lipinski definition) is 0. The highest BCUT2D eigenvalue weighted by atomic mass is 16.6. The molecule has 0 radical (unpaired) electrons. The topological polar surface area (TPSA) is 83.8 Å². The lowest BCUT2D eigenvalue weighted by molar-refractivity contribution is -0.384. The van der Waals surface area contributed by atoms with Gasteiger partial charge in [-0.2, -0.15) is 0 Å². The Morgan fingerprint density at radius 3 is 2.50 bits per heavy atom. The van der Waals surface area contributed by atoms with Crippen LogP contribution in [0, 0.1) is 15.5 Å². The van der Waals surface area contributed by atoms with Crippen LogP contribution in [0.25, 0.3) is 0 Å².